The summed E-state index contributed by atoms with van der Waals surface area (Å²) in [5, 5.41) is 0. The molecular weight excluding hydrogens is 246 g/mol. The van der Waals surface area contributed by atoms with E-state index in [1.54, 1.807) is 0 Å². The van der Waals surface area contributed by atoms with Gasteiger partial charge >= 0.3 is 0 Å². The first-order valence-electron chi connectivity index (χ1n) is 8.68. The summed E-state index contributed by atoms with van der Waals surface area (Å²) in [5.41, 5.74) is 6.93. The molecular formula is C17H33N3. The van der Waals surface area contributed by atoms with E-state index in [0.717, 1.165) is 6.04 Å². The van der Waals surface area contributed by atoms with Gasteiger partial charge in [-0.3, -0.25) is 9.80 Å². The Labute approximate surface area is 124 Å². The molecule has 0 radical (unpaired) electrons. The molecule has 0 spiro atoms. The van der Waals surface area contributed by atoms with E-state index in [9.17, 15) is 0 Å². The van der Waals surface area contributed by atoms with Crippen molar-refractivity contribution in [3.8, 4) is 0 Å². The predicted molar refractivity (Wildman–Crippen MR) is 84.7 cm³/mol. The summed E-state index contributed by atoms with van der Waals surface area (Å²) in [6.45, 7) is 12.4. The van der Waals surface area contributed by atoms with E-state index in [1.807, 2.05) is 0 Å². The molecule has 3 rings (SSSR count). The van der Waals surface area contributed by atoms with E-state index in [1.165, 1.54) is 58.3 Å². The van der Waals surface area contributed by atoms with Gasteiger partial charge in [0, 0.05) is 37.8 Å². The fourth-order valence-corrected chi connectivity index (χ4v) is 4.76. The van der Waals surface area contributed by atoms with Crippen LogP contribution in [0.4, 0.5) is 0 Å². The van der Waals surface area contributed by atoms with Crippen molar-refractivity contribution in [2.24, 2.45) is 17.1 Å². The summed E-state index contributed by atoms with van der Waals surface area (Å²) in [5.74, 6) is 0.703. The molecule has 116 valence electrons. The van der Waals surface area contributed by atoms with Crippen LogP contribution in [0.3, 0.4) is 0 Å². The van der Waals surface area contributed by atoms with Gasteiger partial charge in [-0.05, 0) is 56.9 Å². The number of hydrogen-bond donors (Lipinski definition) is 1. The van der Waals surface area contributed by atoms with Gasteiger partial charge in [0.05, 0.1) is 0 Å². The van der Waals surface area contributed by atoms with Gasteiger partial charge in [-0.15, -0.1) is 0 Å². The minimum atomic E-state index is 0.428. The van der Waals surface area contributed by atoms with E-state index in [4.69, 9.17) is 5.73 Å². The lowest BCUT2D eigenvalue weighted by molar-refractivity contribution is 0.0288. The van der Waals surface area contributed by atoms with E-state index < -0.39 is 0 Å². The second kappa shape index (κ2) is 5.58. The number of nitrogens with zero attached hydrogens (tertiary/aromatic N) is 2. The Kier molecular flexibility index (Phi) is 4.13. The molecule has 0 bridgehead atoms. The Balaban J connectivity index is 1.61. The third-order valence-electron chi connectivity index (χ3n) is 6.11. The number of piperazine rings is 1. The van der Waals surface area contributed by atoms with Crippen LogP contribution in [0.15, 0.2) is 0 Å². The number of rotatable bonds is 2. The molecule has 1 aliphatic carbocycles. The molecule has 0 aromatic rings. The van der Waals surface area contributed by atoms with Crippen molar-refractivity contribution < 1.29 is 0 Å². The highest BCUT2D eigenvalue weighted by molar-refractivity contribution is 4.94. The van der Waals surface area contributed by atoms with Crippen LogP contribution in [-0.4, -0.2) is 54.1 Å². The summed E-state index contributed by atoms with van der Waals surface area (Å²) < 4.78 is 0. The van der Waals surface area contributed by atoms with Crippen molar-refractivity contribution in [2.75, 3.05) is 26.2 Å². The molecule has 3 fully saturated rings. The van der Waals surface area contributed by atoms with Crippen LogP contribution in [0.1, 0.15) is 52.9 Å². The van der Waals surface area contributed by atoms with Crippen LogP contribution in [0, 0.1) is 11.3 Å². The smallest absolute Gasteiger partial charge is 0.0224 e. The predicted octanol–water partition coefficient (Wildman–Crippen LogP) is 2.31. The first kappa shape index (κ1) is 14.8. The molecule has 0 amide bonds. The van der Waals surface area contributed by atoms with Crippen LogP contribution >= 0.6 is 0 Å². The van der Waals surface area contributed by atoms with Crippen molar-refractivity contribution in [1.29, 1.82) is 0 Å². The Hall–Kier alpha value is -0.120. The highest BCUT2D eigenvalue weighted by Crippen LogP contribution is 2.39. The van der Waals surface area contributed by atoms with Gasteiger partial charge in [0.15, 0.2) is 0 Å². The molecule has 2 aliphatic heterocycles. The maximum absolute atomic E-state index is 6.43. The fraction of sp³-hybridized carbons (Fsp3) is 1.00. The van der Waals surface area contributed by atoms with Crippen molar-refractivity contribution in [1.82, 2.24) is 9.80 Å². The molecule has 0 aromatic heterocycles. The van der Waals surface area contributed by atoms with Crippen molar-refractivity contribution in [2.45, 2.75) is 71.0 Å². The first-order chi connectivity index (χ1) is 9.44. The molecule has 0 aromatic carbocycles. The average molecular weight is 279 g/mol. The highest BCUT2D eigenvalue weighted by atomic mass is 15.3. The summed E-state index contributed by atoms with van der Waals surface area (Å²) >= 11 is 0. The van der Waals surface area contributed by atoms with Gasteiger partial charge in [0.2, 0.25) is 0 Å². The average Bonchev–Trinajstić information content (AvgIpc) is 2.81. The number of hydrogen-bond acceptors (Lipinski definition) is 3. The number of fused-ring (bicyclic) bond motifs is 1. The van der Waals surface area contributed by atoms with Crippen molar-refractivity contribution in [3.05, 3.63) is 0 Å². The van der Waals surface area contributed by atoms with Gasteiger partial charge in [-0.25, -0.2) is 0 Å². The van der Waals surface area contributed by atoms with Crippen molar-refractivity contribution >= 4 is 0 Å². The molecule has 3 heteroatoms. The summed E-state index contributed by atoms with van der Waals surface area (Å²) in [4.78, 5) is 5.46. The molecule has 4 unspecified atom stereocenters. The molecule has 20 heavy (non-hydrogen) atoms. The summed E-state index contributed by atoms with van der Waals surface area (Å²) in [7, 11) is 0. The molecule has 3 aliphatic rings. The Morgan fingerprint density at radius 3 is 2.80 bits per heavy atom. The van der Waals surface area contributed by atoms with Crippen LogP contribution in [0.25, 0.3) is 0 Å². The lowest BCUT2D eigenvalue weighted by Crippen LogP contribution is -2.57. The zero-order chi connectivity index (χ0) is 14.3. The first-order valence-corrected chi connectivity index (χ1v) is 8.68. The zero-order valence-electron chi connectivity index (χ0n) is 13.6. The molecule has 2 heterocycles. The van der Waals surface area contributed by atoms with E-state index in [0.29, 0.717) is 23.4 Å². The highest BCUT2D eigenvalue weighted by Gasteiger charge is 2.38. The topological polar surface area (TPSA) is 32.5 Å². The van der Waals surface area contributed by atoms with Crippen molar-refractivity contribution in [3.63, 3.8) is 0 Å². The fourth-order valence-electron chi connectivity index (χ4n) is 4.76. The quantitative estimate of drug-likeness (QED) is 0.842. The summed E-state index contributed by atoms with van der Waals surface area (Å²) in [6, 6.07) is 1.97. The van der Waals surface area contributed by atoms with Crippen LogP contribution in [-0.2, 0) is 0 Å². The third-order valence-corrected chi connectivity index (χ3v) is 6.11. The van der Waals surface area contributed by atoms with Crippen LogP contribution in [0.5, 0.6) is 0 Å². The minimum Gasteiger partial charge on any atom is -0.327 e. The molecule has 2 N–H and O–H groups in total. The van der Waals surface area contributed by atoms with Gasteiger partial charge in [0.25, 0.3) is 0 Å². The molecule has 2 saturated heterocycles. The standard InChI is InChI=1S/C17H33N3/c1-13-10-19-8-4-5-15(19)12-20(13)11-14-9-17(2,3)7-6-16(14)18/h13-16H,4-12,18H2,1-3H3. The maximum Gasteiger partial charge on any atom is 0.0224 e. The Morgan fingerprint density at radius 2 is 2.00 bits per heavy atom. The lowest BCUT2D eigenvalue weighted by atomic mass is 9.70. The minimum absolute atomic E-state index is 0.428. The second-order valence-electron chi connectivity index (χ2n) is 8.42. The molecule has 1 saturated carbocycles. The largest absolute Gasteiger partial charge is 0.327 e. The Morgan fingerprint density at radius 1 is 1.20 bits per heavy atom. The maximum atomic E-state index is 6.43. The second-order valence-corrected chi connectivity index (χ2v) is 8.42. The van der Waals surface area contributed by atoms with Gasteiger partial charge in [-0.1, -0.05) is 13.8 Å². The third kappa shape index (κ3) is 3.05. The molecule has 3 nitrogen and oxygen atoms in total. The normalized spacial score (nSPS) is 42.6. The van der Waals surface area contributed by atoms with Crippen LogP contribution in [0.2, 0.25) is 0 Å². The lowest BCUT2D eigenvalue weighted by Gasteiger charge is -2.47. The van der Waals surface area contributed by atoms with Crippen LogP contribution < -0.4 is 5.73 Å². The van der Waals surface area contributed by atoms with Gasteiger partial charge in [-0.2, -0.15) is 0 Å². The van der Waals surface area contributed by atoms with E-state index in [-0.39, 0.29) is 0 Å². The monoisotopic (exact) mass is 279 g/mol. The SMILES string of the molecule is CC1CN2CCCC2CN1CC1CC(C)(C)CCC1N. The van der Waals surface area contributed by atoms with Gasteiger partial charge in [0.1, 0.15) is 0 Å². The number of nitrogens with two attached hydrogens (primary N) is 1. The zero-order valence-corrected chi connectivity index (χ0v) is 13.6. The molecule has 4 atom stereocenters. The van der Waals surface area contributed by atoms with Gasteiger partial charge < -0.3 is 5.73 Å². The van der Waals surface area contributed by atoms with E-state index in [2.05, 4.69) is 30.6 Å². The Bertz CT molecular complexity index is 341. The van der Waals surface area contributed by atoms with E-state index >= 15 is 0 Å². The summed E-state index contributed by atoms with van der Waals surface area (Å²) in [6.07, 6.45) is 6.64.